The monoisotopic (exact) mass is 451 g/mol. The van der Waals surface area contributed by atoms with Crippen LogP contribution in [0.15, 0.2) is 56.7 Å². The number of benzene rings is 1. The molecule has 1 N–H and O–H groups in total. The average Bonchev–Trinajstić information content (AvgIpc) is 3.51. The molecule has 0 aliphatic carbocycles. The van der Waals surface area contributed by atoms with Crippen molar-refractivity contribution in [1.82, 2.24) is 14.8 Å². The summed E-state index contributed by atoms with van der Waals surface area (Å²) in [5.74, 6) is 0.668. The van der Waals surface area contributed by atoms with Gasteiger partial charge in [-0.25, -0.2) is 4.39 Å². The number of aromatic nitrogens is 3. The average molecular weight is 451 g/mol. The Morgan fingerprint density at radius 1 is 1.25 bits per heavy atom. The maximum Gasteiger partial charge on any atom is 0.277 e. The Hall–Kier alpha value is -3.84. The van der Waals surface area contributed by atoms with Gasteiger partial charge >= 0.3 is 0 Å². The number of halogens is 1. The van der Waals surface area contributed by atoms with E-state index in [1.54, 1.807) is 12.3 Å². The van der Waals surface area contributed by atoms with Gasteiger partial charge in [0.05, 0.1) is 24.1 Å². The van der Waals surface area contributed by atoms with Crippen molar-refractivity contribution in [1.29, 1.82) is 5.26 Å². The van der Waals surface area contributed by atoms with Gasteiger partial charge in [0.1, 0.15) is 23.5 Å². The number of carbonyl (C=O) groups is 1. The van der Waals surface area contributed by atoms with E-state index in [-0.39, 0.29) is 28.6 Å². The molecule has 4 rings (SSSR count). The molecule has 0 saturated heterocycles. The standard InChI is InChI=1S/C22H18FN5O3S/c1-13-14(2)28(11-17-4-3-9-30-17)20(18(13)10-24)25-19(29)12-32-22-27-26-21(31-22)15-5-7-16(23)8-6-15/h3-9H,11-12H2,1-2H3,(H,25,29). The minimum absolute atomic E-state index is 0.0000526. The fourth-order valence-corrected chi connectivity index (χ4v) is 3.72. The number of hydrogen-bond donors (Lipinski definition) is 1. The van der Waals surface area contributed by atoms with E-state index in [4.69, 9.17) is 8.83 Å². The number of rotatable bonds is 7. The summed E-state index contributed by atoms with van der Waals surface area (Å²) in [5, 5.41) is 20.5. The van der Waals surface area contributed by atoms with Gasteiger partial charge in [-0.2, -0.15) is 5.26 Å². The Bertz CT molecular complexity index is 1290. The van der Waals surface area contributed by atoms with Crippen molar-refractivity contribution in [3.8, 4) is 17.5 Å². The second kappa shape index (κ2) is 9.11. The molecule has 3 aromatic heterocycles. The van der Waals surface area contributed by atoms with Crippen LogP contribution in [0.2, 0.25) is 0 Å². The molecule has 0 atom stereocenters. The first-order valence-corrected chi connectivity index (χ1v) is 10.6. The van der Waals surface area contributed by atoms with E-state index >= 15 is 0 Å². The number of hydrogen-bond acceptors (Lipinski definition) is 7. The Morgan fingerprint density at radius 2 is 2.03 bits per heavy atom. The van der Waals surface area contributed by atoms with Crippen molar-refractivity contribution in [2.45, 2.75) is 25.6 Å². The molecule has 4 aromatic rings. The molecule has 3 heterocycles. The molecule has 0 radical (unpaired) electrons. The molecule has 0 aliphatic rings. The van der Waals surface area contributed by atoms with E-state index in [2.05, 4.69) is 21.6 Å². The van der Waals surface area contributed by atoms with Crippen LogP contribution in [0.5, 0.6) is 0 Å². The van der Waals surface area contributed by atoms with Gasteiger partial charge in [0.15, 0.2) is 0 Å². The number of carbonyl (C=O) groups excluding carboxylic acids is 1. The number of amides is 1. The quantitative estimate of drug-likeness (QED) is 0.411. The molecular weight excluding hydrogens is 433 g/mol. The molecule has 32 heavy (non-hydrogen) atoms. The Balaban J connectivity index is 1.46. The lowest BCUT2D eigenvalue weighted by Gasteiger charge is -2.11. The second-order valence-electron chi connectivity index (χ2n) is 6.93. The zero-order valence-electron chi connectivity index (χ0n) is 17.3. The molecule has 0 fully saturated rings. The van der Waals surface area contributed by atoms with Crippen LogP contribution in [0.4, 0.5) is 10.2 Å². The first-order chi connectivity index (χ1) is 15.5. The molecule has 10 heteroatoms. The van der Waals surface area contributed by atoms with Crippen LogP contribution >= 0.6 is 11.8 Å². The number of thioether (sulfide) groups is 1. The Kier molecular flexibility index (Phi) is 6.09. The first-order valence-electron chi connectivity index (χ1n) is 9.60. The zero-order chi connectivity index (χ0) is 22.7. The topological polar surface area (TPSA) is 110 Å². The van der Waals surface area contributed by atoms with Gasteiger partial charge in [-0.15, -0.1) is 10.2 Å². The van der Waals surface area contributed by atoms with Gasteiger partial charge < -0.3 is 18.7 Å². The van der Waals surface area contributed by atoms with Crippen molar-refractivity contribution in [3.63, 3.8) is 0 Å². The molecule has 8 nitrogen and oxygen atoms in total. The van der Waals surface area contributed by atoms with Crippen LogP contribution < -0.4 is 5.32 Å². The Labute approximate surface area is 187 Å². The minimum atomic E-state index is -0.362. The molecule has 0 saturated carbocycles. The third kappa shape index (κ3) is 4.43. The van der Waals surface area contributed by atoms with E-state index in [0.717, 1.165) is 23.0 Å². The summed E-state index contributed by atoms with van der Waals surface area (Å²) in [6, 6.07) is 11.4. The largest absolute Gasteiger partial charge is 0.467 e. The predicted molar refractivity (Wildman–Crippen MR) is 115 cm³/mol. The van der Waals surface area contributed by atoms with E-state index in [0.29, 0.717) is 29.2 Å². The van der Waals surface area contributed by atoms with Gasteiger partial charge in [0.25, 0.3) is 5.22 Å². The normalized spacial score (nSPS) is 10.8. The van der Waals surface area contributed by atoms with Crippen LogP contribution in [0.1, 0.15) is 22.6 Å². The molecule has 0 aliphatic heterocycles. The van der Waals surface area contributed by atoms with Crippen LogP contribution in [-0.4, -0.2) is 26.4 Å². The highest BCUT2D eigenvalue weighted by molar-refractivity contribution is 7.99. The summed E-state index contributed by atoms with van der Waals surface area (Å²) in [7, 11) is 0. The van der Waals surface area contributed by atoms with Crippen LogP contribution in [0.3, 0.4) is 0 Å². The predicted octanol–water partition coefficient (Wildman–Crippen LogP) is 4.54. The summed E-state index contributed by atoms with van der Waals surface area (Å²) in [4.78, 5) is 12.6. The lowest BCUT2D eigenvalue weighted by molar-refractivity contribution is -0.113. The number of nitrogens with zero attached hydrogens (tertiary/aromatic N) is 4. The van der Waals surface area contributed by atoms with Gasteiger partial charge in [0, 0.05) is 11.3 Å². The van der Waals surface area contributed by atoms with E-state index < -0.39 is 0 Å². The van der Waals surface area contributed by atoms with Crippen LogP contribution in [0, 0.1) is 31.0 Å². The van der Waals surface area contributed by atoms with Crippen LogP contribution in [0.25, 0.3) is 11.5 Å². The number of nitrogens with one attached hydrogen (secondary N) is 1. The second-order valence-corrected chi connectivity index (χ2v) is 7.85. The number of nitriles is 1. The van der Waals surface area contributed by atoms with E-state index in [1.165, 1.54) is 24.3 Å². The molecule has 0 unspecified atom stereocenters. The third-order valence-electron chi connectivity index (χ3n) is 4.92. The van der Waals surface area contributed by atoms with E-state index in [1.807, 2.05) is 24.5 Å². The summed E-state index contributed by atoms with van der Waals surface area (Å²) in [6.45, 7) is 4.11. The lowest BCUT2D eigenvalue weighted by Crippen LogP contribution is -2.18. The molecule has 1 amide bonds. The van der Waals surface area contributed by atoms with Crippen LogP contribution in [-0.2, 0) is 11.3 Å². The maximum atomic E-state index is 13.1. The van der Waals surface area contributed by atoms with E-state index in [9.17, 15) is 14.4 Å². The highest BCUT2D eigenvalue weighted by Gasteiger charge is 2.21. The third-order valence-corrected chi connectivity index (χ3v) is 5.74. The molecular formula is C22H18FN5O3S. The minimum Gasteiger partial charge on any atom is -0.467 e. The molecule has 0 bridgehead atoms. The SMILES string of the molecule is Cc1c(C#N)c(NC(=O)CSc2nnc(-c3ccc(F)cc3)o2)n(Cc2ccco2)c1C. The lowest BCUT2D eigenvalue weighted by atomic mass is 10.2. The Morgan fingerprint density at radius 3 is 2.72 bits per heavy atom. The highest BCUT2D eigenvalue weighted by atomic mass is 32.2. The fourth-order valence-electron chi connectivity index (χ4n) is 3.16. The summed E-state index contributed by atoms with van der Waals surface area (Å²) in [5.41, 5.74) is 2.64. The molecule has 1 aromatic carbocycles. The molecule has 162 valence electrons. The summed E-state index contributed by atoms with van der Waals surface area (Å²) < 4.78 is 25.9. The zero-order valence-corrected chi connectivity index (χ0v) is 18.1. The molecule has 0 spiro atoms. The first kappa shape index (κ1) is 21.4. The summed E-state index contributed by atoms with van der Waals surface area (Å²) >= 11 is 1.07. The highest BCUT2D eigenvalue weighted by Crippen LogP contribution is 2.28. The van der Waals surface area contributed by atoms with Crippen molar-refractivity contribution in [2.75, 3.05) is 11.1 Å². The maximum absolute atomic E-state index is 13.1. The van der Waals surface area contributed by atoms with Crippen molar-refractivity contribution in [3.05, 3.63) is 71.1 Å². The van der Waals surface area contributed by atoms with Gasteiger partial charge in [-0.05, 0) is 55.8 Å². The van der Waals surface area contributed by atoms with Crippen molar-refractivity contribution < 1.29 is 18.0 Å². The summed E-state index contributed by atoms with van der Waals surface area (Å²) in [6.07, 6.45) is 1.58. The van der Waals surface area contributed by atoms with Crippen molar-refractivity contribution in [2.24, 2.45) is 0 Å². The fraction of sp³-hybridized carbons (Fsp3) is 0.182. The number of furan rings is 1. The van der Waals surface area contributed by atoms with Crippen molar-refractivity contribution >= 4 is 23.5 Å². The number of anilines is 1. The smallest absolute Gasteiger partial charge is 0.277 e. The van der Waals surface area contributed by atoms with Gasteiger partial charge in [0.2, 0.25) is 11.8 Å². The van der Waals surface area contributed by atoms with Gasteiger partial charge in [-0.3, -0.25) is 4.79 Å². The van der Waals surface area contributed by atoms with Gasteiger partial charge in [-0.1, -0.05) is 11.8 Å².